The van der Waals surface area contributed by atoms with Crippen LogP contribution in [0.5, 0.6) is 34.5 Å². The van der Waals surface area contributed by atoms with E-state index in [-0.39, 0.29) is 36.1 Å². The van der Waals surface area contributed by atoms with Crippen molar-refractivity contribution in [2.75, 3.05) is 41.5 Å². The van der Waals surface area contributed by atoms with Crippen LogP contribution in [0.25, 0.3) is 0 Å². The maximum Gasteiger partial charge on any atom is 0.269 e. The molecule has 7 rings (SSSR count). The molecule has 2 N–H and O–H groups in total. The standard InChI is InChI=1S/C38H36Br4N4O8/c1-49-32-8-6-22-10-12-44-38(48)30(46-52-4)18-24-16-28(42)36(50-2)34(20-24)54-35-26(40)14-23(15-27(35)41)17-29(45-51-3)37(47)43-11-9-21-5-7-31(25(39)13-21)53-33(32)19-22/h5-8,13-16,19-20H,9-12,17-18H2,1-4H3,(H,43,47)(H,44,48). The van der Waals surface area contributed by atoms with Crippen molar-refractivity contribution in [1.82, 2.24) is 10.6 Å². The zero-order valence-electron chi connectivity index (χ0n) is 29.7. The first-order chi connectivity index (χ1) is 26.0. The number of amides is 2. The monoisotopic (exact) mass is 992 g/mol. The van der Waals surface area contributed by atoms with Gasteiger partial charge in [-0.3, -0.25) is 9.59 Å². The van der Waals surface area contributed by atoms with Crippen LogP contribution < -0.4 is 29.6 Å². The lowest BCUT2D eigenvalue weighted by Gasteiger charge is -2.17. The molecule has 3 aliphatic heterocycles. The van der Waals surface area contributed by atoms with Gasteiger partial charge in [-0.15, -0.1) is 0 Å². The van der Waals surface area contributed by atoms with Gasteiger partial charge in [-0.1, -0.05) is 22.4 Å². The molecule has 3 aliphatic rings. The minimum atomic E-state index is -0.389. The smallest absolute Gasteiger partial charge is 0.269 e. The van der Waals surface area contributed by atoms with E-state index in [9.17, 15) is 9.59 Å². The molecular formula is C38H36Br4N4O8. The molecule has 0 fully saturated rings. The molecule has 0 atom stereocenters. The Balaban J connectivity index is 1.50. The van der Waals surface area contributed by atoms with E-state index in [1.165, 1.54) is 21.3 Å². The third-order valence-corrected chi connectivity index (χ3v) is 10.4. The second-order valence-electron chi connectivity index (χ2n) is 11.8. The van der Waals surface area contributed by atoms with Gasteiger partial charge in [-0.25, -0.2) is 0 Å². The number of hydrogen-bond acceptors (Lipinski definition) is 10. The second kappa shape index (κ2) is 19.5. The first-order valence-corrected chi connectivity index (χ1v) is 19.6. The summed E-state index contributed by atoms with van der Waals surface area (Å²) in [5.41, 5.74) is 3.69. The van der Waals surface area contributed by atoms with Gasteiger partial charge in [-0.2, -0.15) is 0 Å². The van der Waals surface area contributed by atoms with E-state index in [0.29, 0.717) is 79.4 Å². The minimum absolute atomic E-state index is 0.123. The lowest BCUT2D eigenvalue weighted by atomic mass is 10.1. The maximum absolute atomic E-state index is 13.4. The second-order valence-corrected chi connectivity index (χ2v) is 15.2. The van der Waals surface area contributed by atoms with E-state index >= 15 is 0 Å². The average molecular weight is 996 g/mol. The molecule has 0 radical (unpaired) electrons. The normalized spacial score (nSPS) is 15.7. The van der Waals surface area contributed by atoms with E-state index in [1.54, 1.807) is 13.2 Å². The predicted molar refractivity (Wildman–Crippen MR) is 220 cm³/mol. The molecule has 54 heavy (non-hydrogen) atoms. The Kier molecular flexibility index (Phi) is 14.8. The van der Waals surface area contributed by atoms with Crippen molar-refractivity contribution in [2.45, 2.75) is 25.7 Å². The highest BCUT2D eigenvalue weighted by Crippen LogP contribution is 2.44. The van der Waals surface area contributed by atoms with Crippen molar-refractivity contribution in [3.63, 3.8) is 0 Å². The van der Waals surface area contributed by atoms with Gasteiger partial charge in [0.25, 0.3) is 11.8 Å². The number of ether oxygens (including phenoxy) is 4. The third kappa shape index (κ3) is 10.5. The van der Waals surface area contributed by atoms with E-state index in [2.05, 4.69) is 84.7 Å². The summed E-state index contributed by atoms with van der Waals surface area (Å²) >= 11 is 14.5. The minimum Gasteiger partial charge on any atom is -0.493 e. The lowest BCUT2D eigenvalue weighted by Crippen LogP contribution is -2.34. The summed E-state index contributed by atoms with van der Waals surface area (Å²) in [5.74, 6) is 2.16. The van der Waals surface area contributed by atoms with E-state index < -0.39 is 0 Å². The van der Waals surface area contributed by atoms with E-state index in [1.807, 2.05) is 54.6 Å². The number of fused-ring (bicyclic) bond motifs is 2. The fourth-order valence-electron chi connectivity index (χ4n) is 5.54. The first-order valence-electron chi connectivity index (χ1n) is 16.4. The topological polar surface area (TPSA) is 138 Å². The predicted octanol–water partition coefficient (Wildman–Crippen LogP) is 8.46. The van der Waals surface area contributed by atoms with Crippen LogP contribution in [-0.4, -0.2) is 64.8 Å². The van der Waals surface area contributed by atoms with Gasteiger partial charge < -0.3 is 39.3 Å². The number of hydrogen-bond donors (Lipinski definition) is 2. The van der Waals surface area contributed by atoms with Crippen molar-refractivity contribution in [3.8, 4) is 34.5 Å². The number of halogens is 4. The van der Waals surface area contributed by atoms with Crippen molar-refractivity contribution in [1.29, 1.82) is 0 Å². The number of carbonyl (C=O) groups is 2. The summed E-state index contributed by atoms with van der Waals surface area (Å²) in [6, 6.07) is 18.6. The van der Waals surface area contributed by atoms with E-state index in [4.69, 9.17) is 28.6 Å². The zero-order valence-corrected chi connectivity index (χ0v) is 36.0. The number of benzene rings is 4. The molecule has 0 unspecified atom stereocenters. The van der Waals surface area contributed by atoms with Crippen molar-refractivity contribution in [2.24, 2.45) is 10.3 Å². The number of methoxy groups -OCH3 is 2. The number of nitrogens with one attached hydrogen (secondary N) is 2. The summed E-state index contributed by atoms with van der Waals surface area (Å²) in [6.45, 7) is 0.676. The highest BCUT2D eigenvalue weighted by molar-refractivity contribution is 9.11. The van der Waals surface area contributed by atoms with Crippen molar-refractivity contribution >= 4 is 87.0 Å². The van der Waals surface area contributed by atoms with Gasteiger partial charge in [-0.05, 0) is 147 Å². The van der Waals surface area contributed by atoms with Crippen LogP contribution in [0, 0.1) is 0 Å². The van der Waals surface area contributed by atoms with Gasteiger partial charge in [0, 0.05) is 25.9 Å². The molecule has 0 aromatic heterocycles. The molecule has 0 saturated carbocycles. The third-order valence-electron chi connectivity index (χ3n) is 8.06. The Morgan fingerprint density at radius 3 is 1.65 bits per heavy atom. The van der Waals surface area contributed by atoms with Gasteiger partial charge in [0.15, 0.2) is 28.7 Å². The molecule has 2 amide bonds. The number of nitrogens with zero attached hydrogens (tertiary/aromatic N) is 2. The molecule has 4 aromatic carbocycles. The van der Waals surface area contributed by atoms with Crippen LogP contribution in [0.4, 0.5) is 0 Å². The quantitative estimate of drug-likeness (QED) is 0.195. The Morgan fingerprint density at radius 2 is 1.09 bits per heavy atom. The van der Waals surface area contributed by atoms with Crippen LogP contribution in [0.3, 0.4) is 0 Å². The van der Waals surface area contributed by atoms with Gasteiger partial charge in [0.1, 0.15) is 31.4 Å². The Morgan fingerprint density at radius 1 is 0.574 bits per heavy atom. The number of rotatable bonds is 4. The van der Waals surface area contributed by atoms with E-state index in [0.717, 1.165) is 21.2 Å². The highest BCUT2D eigenvalue weighted by atomic mass is 79.9. The molecule has 12 nitrogen and oxygen atoms in total. The molecule has 0 spiro atoms. The van der Waals surface area contributed by atoms with Crippen molar-refractivity contribution in [3.05, 3.63) is 101 Å². The first kappa shape index (κ1) is 41.1. The molecule has 8 bridgehead atoms. The average Bonchev–Trinajstić information content (AvgIpc) is 3.13. The summed E-state index contributed by atoms with van der Waals surface area (Å²) in [4.78, 5) is 36.8. The molecule has 16 heteroatoms. The van der Waals surface area contributed by atoms with Crippen LogP contribution in [0.15, 0.2) is 88.9 Å². The summed E-state index contributed by atoms with van der Waals surface area (Å²) in [7, 11) is 5.89. The maximum atomic E-state index is 13.4. The molecule has 0 aliphatic carbocycles. The Bertz CT molecular complexity index is 2070. The van der Waals surface area contributed by atoms with Gasteiger partial charge in [0.2, 0.25) is 0 Å². The Hall–Kier alpha value is -4.12. The number of oxime groups is 2. The Labute approximate surface area is 346 Å². The lowest BCUT2D eigenvalue weighted by molar-refractivity contribution is -0.115. The number of carbonyl (C=O) groups excluding carboxylic acids is 2. The summed E-state index contributed by atoms with van der Waals surface area (Å²) < 4.78 is 26.5. The summed E-state index contributed by atoms with van der Waals surface area (Å²) in [6.07, 6.45) is 1.35. The molecule has 3 heterocycles. The highest BCUT2D eigenvalue weighted by Gasteiger charge is 2.21. The summed E-state index contributed by atoms with van der Waals surface area (Å²) in [5, 5.41) is 14.0. The molecular weight excluding hydrogens is 960 g/mol. The largest absolute Gasteiger partial charge is 0.493 e. The molecule has 0 saturated heterocycles. The van der Waals surface area contributed by atoms with Gasteiger partial charge in [0.05, 0.1) is 32.1 Å². The fraction of sp³-hybridized carbons (Fsp3) is 0.263. The van der Waals surface area contributed by atoms with Crippen LogP contribution >= 0.6 is 63.7 Å². The molecule has 4 aromatic rings. The van der Waals surface area contributed by atoms with Gasteiger partial charge >= 0.3 is 0 Å². The SMILES string of the molecule is CON=C1Cc2cc(Br)c(c(Br)c2)Oc2cc(cc(Br)c2OC)CC(=NOC)C(=O)NCCc2ccc(OC)c(c2)Oc2ccc(cc2Br)CCNC1=O. The zero-order chi connectivity index (χ0) is 38.8. The van der Waals surface area contributed by atoms with Crippen LogP contribution in [-0.2, 0) is 44.9 Å². The van der Waals surface area contributed by atoms with Crippen molar-refractivity contribution < 1.29 is 38.2 Å². The molecule has 284 valence electrons. The van der Waals surface area contributed by atoms with Crippen LogP contribution in [0.2, 0.25) is 0 Å². The van der Waals surface area contributed by atoms with Crippen LogP contribution in [0.1, 0.15) is 22.3 Å². The fourth-order valence-corrected chi connectivity index (χ4v) is 8.14.